The van der Waals surface area contributed by atoms with Crippen LogP contribution >= 0.6 is 0 Å². The molecule has 3 nitrogen and oxygen atoms in total. The fourth-order valence-electron chi connectivity index (χ4n) is 1.75. The summed E-state index contributed by atoms with van der Waals surface area (Å²) in [5.74, 6) is -1.61. The van der Waals surface area contributed by atoms with Gasteiger partial charge in [-0.2, -0.15) is 0 Å². The number of hydrogen-bond donors (Lipinski definition) is 1. The molecule has 0 aliphatic heterocycles. The van der Waals surface area contributed by atoms with Gasteiger partial charge in [-0.25, -0.2) is 9.18 Å². The first-order chi connectivity index (χ1) is 9.06. The van der Waals surface area contributed by atoms with Crippen LogP contribution in [0.3, 0.4) is 0 Å². The first-order valence-corrected chi connectivity index (χ1v) is 5.82. The van der Waals surface area contributed by atoms with Gasteiger partial charge in [0.2, 0.25) is 0 Å². The van der Waals surface area contributed by atoms with Crippen molar-refractivity contribution in [1.82, 2.24) is 0 Å². The maximum absolute atomic E-state index is 13.3. The lowest BCUT2D eigenvalue weighted by molar-refractivity contribution is 0.0695. The highest BCUT2D eigenvalue weighted by Gasteiger charge is 2.11. The van der Waals surface area contributed by atoms with Gasteiger partial charge in [-0.3, -0.25) is 0 Å². The predicted octanol–water partition coefficient (Wildman–Crippen LogP) is 3.66. The maximum atomic E-state index is 13.3. The van der Waals surface area contributed by atoms with Crippen molar-refractivity contribution >= 4 is 5.97 Å². The van der Waals surface area contributed by atoms with Crippen LogP contribution in [0, 0.1) is 5.82 Å². The summed E-state index contributed by atoms with van der Waals surface area (Å²) in [4.78, 5) is 10.8. The van der Waals surface area contributed by atoms with Crippen LogP contribution in [0.4, 0.5) is 4.39 Å². The Kier molecular flexibility index (Phi) is 3.80. The molecule has 0 spiro atoms. The number of carboxylic acids is 1. The Labute approximate surface area is 110 Å². The molecule has 0 amide bonds. The molecule has 0 aliphatic carbocycles. The van der Waals surface area contributed by atoms with E-state index in [1.165, 1.54) is 12.1 Å². The van der Waals surface area contributed by atoms with Gasteiger partial charge >= 0.3 is 5.97 Å². The van der Waals surface area contributed by atoms with Gasteiger partial charge in [0.15, 0.2) is 0 Å². The minimum absolute atomic E-state index is 0.129. The molecule has 0 radical (unpaired) electrons. The zero-order chi connectivity index (χ0) is 13.8. The predicted molar refractivity (Wildman–Crippen MR) is 68.8 cm³/mol. The van der Waals surface area contributed by atoms with Crippen LogP contribution in [0.1, 0.15) is 28.9 Å². The van der Waals surface area contributed by atoms with Gasteiger partial charge < -0.3 is 9.84 Å². The topological polar surface area (TPSA) is 46.5 Å². The van der Waals surface area contributed by atoms with Gasteiger partial charge in [0.25, 0.3) is 0 Å². The van der Waals surface area contributed by atoms with E-state index in [4.69, 9.17) is 9.84 Å². The molecule has 0 aliphatic rings. The van der Waals surface area contributed by atoms with Crippen molar-refractivity contribution in [3.05, 3.63) is 65.5 Å². The molecule has 0 saturated heterocycles. The van der Waals surface area contributed by atoms with Crippen LogP contribution in [-0.4, -0.2) is 11.1 Å². The smallest absolute Gasteiger partial charge is 0.335 e. The molecule has 1 N–H and O–H groups in total. The molecular formula is C15H13FO3. The van der Waals surface area contributed by atoms with Gasteiger partial charge in [0.1, 0.15) is 17.7 Å². The molecular weight excluding hydrogens is 247 g/mol. The summed E-state index contributed by atoms with van der Waals surface area (Å²) in [5.41, 5.74) is 0.805. The van der Waals surface area contributed by atoms with Crippen LogP contribution in [0.15, 0.2) is 48.5 Å². The average molecular weight is 260 g/mol. The van der Waals surface area contributed by atoms with Crippen molar-refractivity contribution in [2.45, 2.75) is 13.0 Å². The number of carboxylic acid groups (broad SMARTS) is 1. The second kappa shape index (κ2) is 5.52. The zero-order valence-corrected chi connectivity index (χ0v) is 10.3. The van der Waals surface area contributed by atoms with Crippen molar-refractivity contribution in [3.8, 4) is 5.75 Å². The fraction of sp³-hybridized carbons (Fsp3) is 0.133. The Hall–Kier alpha value is -2.36. The largest absolute Gasteiger partial charge is 0.486 e. The van der Waals surface area contributed by atoms with Crippen LogP contribution in [0.25, 0.3) is 0 Å². The molecule has 19 heavy (non-hydrogen) atoms. The molecule has 1 unspecified atom stereocenters. The van der Waals surface area contributed by atoms with Crippen molar-refractivity contribution in [2.75, 3.05) is 0 Å². The van der Waals surface area contributed by atoms with Gasteiger partial charge in [-0.15, -0.1) is 0 Å². The van der Waals surface area contributed by atoms with Crippen LogP contribution in [0.5, 0.6) is 5.75 Å². The Balaban J connectivity index is 2.21. The third-order valence-electron chi connectivity index (χ3n) is 2.70. The molecule has 2 rings (SSSR count). The molecule has 0 heterocycles. The number of halogens is 1. The Morgan fingerprint density at radius 2 is 1.89 bits per heavy atom. The molecule has 1 atom stereocenters. The average Bonchev–Trinajstić information content (AvgIpc) is 2.39. The molecule has 98 valence electrons. The van der Waals surface area contributed by atoms with Crippen molar-refractivity contribution in [3.63, 3.8) is 0 Å². The van der Waals surface area contributed by atoms with Gasteiger partial charge in [-0.1, -0.05) is 30.3 Å². The third kappa shape index (κ3) is 3.31. The normalized spacial score (nSPS) is 11.9. The Morgan fingerprint density at radius 1 is 1.21 bits per heavy atom. The lowest BCUT2D eigenvalue weighted by atomic mass is 10.1. The highest BCUT2D eigenvalue weighted by atomic mass is 19.1. The van der Waals surface area contributed by atoms with E-state index in [0.29, 0.717) is 0 Å². The summed E-state index contributed by atoms with van der Waals surface area (Å²) in [6.45, 7) is 1.82. The maximum Gasteiger partial charge on any atom is 0.335 e. The van der Waals surface area contributed by atoms with E-state index in [1.54, 1.807) is 0 Å². The number of carbonyl (C=O) groups is 1. The molecule has 2 aromatic rings. The van der Waals surface area contributed by atoms with E-state index < -0.39 is 11.8 Å². The van der Waals surface area contributed by atoms with Crippen molar-refractivity contribution < 1.29 is 19.0 Å². The number of hydrogen-bond acceptors (Lipinski definition) is 2. The van der Waals surface area contributed by atoms with E-state index in [2.05, 4.69) is 0 Å². The first-order valence-electron chi connectivity index (χ1n) is 5.82. The van der Waals surface area contributed by atoms with Gasteiger partial charge in [-0.05, 0) is 24.6 Å². The highest BCUT2D eigenvalue weighted by Crippen LogP contribution is 2.23. The second-order valence-corrected chi connectivity index (χ2v) is 4.15. The Morgan fingerprint density at radius 3 is 2.53 bits per heavy atom. The van der Waals surface area contributed by atoms with E-state index >= 15 is 0 Å². The van der Waals surface area contributed by atoms with Crippen molar-refractivity contribution in [2.24, 2.45) is 0 Å². The summed E-state index contributed by atoms with van der Waals surface area (Å²) in [6, 6.07) is 12.9. The summed E-state index contributed by atoms with van der Waals surface area (Å²) < 4.78 is 18.9. The van der Waals surface area contributed by atoms with E-state index in [0.717, 1.165) is 11.6 Å². The summed E-state index contributed by atoms with van der Waals surface area (Å²) in [6.07, 6.45) is -0.287. The van der Waals surface area contributed by atoms with Crippen LogP contribution < -0.4 is 4.74 Å². The Bertz CT molecular complexity index is 581. The number of rotatable bonds is 4. The van der Waals surface area contributed by atoms with E-state index in [1.807, 2.05) is 37.3 Å². The van der Waals surface area contributed by atoms with Gasteiger partial charge in [0, 0.05) is 6.07 Å². The monoisotopic (exact) mass is 260 g/mol. The minimum atomic E-state index is -1.18. The zero-order valence-electron chi connectivity index (χ0n) is 10.3. The first kappa shape index (κ1) is 13.1. The lowest BCUT2D eigenvalue weighted by Gasteiger charge is -2.15. The standard InChI is InChI=1S/C15H13FO3/c1-10(11-5-3-2-4-6-11)19-14-8-12(15(17)18)7-13(16)9-14/h2-10H,1H3,(H,17,18). The molecule has 0 bridgehead atoms. The van der Waals surface area contributed by atoms with E-state index in [9.17, 15) is 9.18 Å². The number of ether oxygens (including phenoxy) is 1. The van der Waals surface area contributed by atoms with E-state index in [-0.39, 0.29) is 17.4 Å². The quantitative estimate of drug-likeness (QED) is 0.912. The highest BCUT2D eigenvalue weighted by molar-refractivity contribution is 5.88. The second-order valence-electron chi connectivity index (χ2n) is 4.15. The number of benzene rings is 2. The third-order valence-corrected chi connectivity index (χ3v) is 2.70. The molecule has 2 aromatic carbocycles. The lowest BCUT2D eigenvalue weighted by Crippen LogP contribution is -2.05. The van der Waals surface area contributed by atoms with Gasteiger partial charge in [0.05, 0.1) is 5.56 Å². The molecule has 0 saturated carbocycles. The fourth-order valence-corrected chi connectivity index (χ4v) is 1.75. The summed E-state index contributed by atoms with van der Waals surface area (Å²) in [5, 5.41) is 8.86. The van der Waals surface area contributed by atoms with Crippen molar-refractivity contribution in [1.29, 1.82) is 0 Å². The molecule has 4 heteroatoms. The SMILES string of the molecule is CC(Oc1cc(F)cc(C(=O)O)c1)c1ccccc1. The summed E-state index contributed by atoms with van der Waals surface area (Å²) in [7, 11) is 0. The minimum Gasteiger partial charge on any atom is -0.486 e. The molecule has 0 aromatic heterocycles. The molecule has 0 fully saturated rings. The number of aromatic carboxylic acids is 1. The van der Waals surface area contributed by atoms with Crippen LogP contribution in [-0.2, 0) is 0 Å². The van der Waals surface area contributed by atoms with Crippen LogP contribution in [0.2, 0.25) is 0 Å². The summed E-state index contributed by atoms with van der Waals surface area (Å²) >= 11 is 0.